The van der Waals surface area contributed by atoms with E-state index in [4.69, 9.17) is 0 Å². The molecule has 0 fully saturated rings. The fourth-order valence-electron chi connectivity index (χ4n) is 2.88. The minimum absolute atomic E-state index is 0.176. The SMILES string of the molecule is O=C(NCCc1ccccc1F)c1ccc(NCc2ccccc2)c([N+](=O)[O-])c1. The molecule has 0 saturated carbocycles. The monoisotopic (exact) mass is 393 g/mol. The van der Waals surface area contributed by atoms with Gasteiger partial charge in [0.05, 0.1) is 4.92 Å². The van der Waals surface area contributed by atoms with Gasteiger partial charge in [0.25, 0.3) is 11.6 Å². The fourth-order valence-corrected chi connectivity index (χ4v) is 2.88. The van der Waals surface area contributed by atoms with Crippen LogP contribution in [0.4, 0.5) is 15.8 Å². The van der Waals surface area contributed by atoms with Crippen molar-refractivity contribution in [3.8, 4) is 0 Å². The van der Waals surface area contributed by atoms with Crippen LogP contribution in [0.3, 0.4) is 0 Å². The number of hydrogen-bond donors (Lipinski definition) is 2. The predicted molar refractivity (Wildman–Crippen MR) is 109 cm³/mol. The molecule has 148 valence electrons. The molecule has 0 bridgehead atoms. The number of halogens is 1. The zero-order valence-corrected chi connectivity index (χ0v) is 15.6. The summed E-state index contributed by atoms with van der Waals surface area (Å²) in [5, 5.41) is 17.1. The van der Waals surface area contributed by atoms with E-state index in [2.05, 4.69) is 10.6 Å². The van der Waals surface area contributed by atoms with E-state index < -0.39 is 10.8 Å². The van der Waals surface area contributed by atoms with Crippen LogP contribution in [0.25, 0.3) is 0 Å². The van der Waals surface area contributed by atoms with Gasteiger partial charge in [-0.15, -0.1) is 0 Å². The lowest BCUT2D eigenvalue weighted by molar-refractivity contribution is -0.384. The Morgan fingerprint density at radius 3 is 2.45 bits per heavy atom. The maximum Gasteiger partial charge on any atom is 0.293 e. The Bertz CT molecular complexity index is 1010. The highest BCUT2D eigenvalue weighted by Crippen LogP contribution is 2.26. The lowest BCUT2D eigenvalue weighted by Crippen LogP contribution is -2.26. The summed E-state index contributed by atoms with van der Waals surface area (Å²) in [4.78, 5) is 23.2. The van der Waals surface area contributed by atoms with Gasteiger partial charge in [-0.3, -0.25) is 14.9 Å². The summed E-state index contributed by atoms with van der Waals surface area (Å²) in [6, 6.07) is 20.1. The molecule has 1 amide bonds. The molecule has 3 aromatic rings. The number of nitro groups is 1. The van der Waals surface area contributed by atoms with Crippen LogP contribution in [-0.4, -0.2) is 17.4 Å². The number of carbonyl (C=O) groups is 1. The van der Waals surface area contributed by atoms with Crippen molar-refractivity contribution in [3.63, 3.8) is 0 Å². The highest BCUT2D eigenvalue weighted by Gasteiger charge is 2.17. The van der Waals surface area contributed by atoms with Crippen molar-refractivity contribution in [2.45, 2.75) is 13.0 Å². The van der Waals surface area contributed by atoms with E-state index >= 15 is 0 Å². The number of carbonyl (C=O) groups excluding carboxylic acids is 1. The molecular formula is C22H20FN3O3. The van der Waals surface area contributed by atoms with E-state index in [9.17, 15) is 19.3 Å². The average molecular weight is 393 g/mol. The molecule has 0 heterocycles. The molecule has 0 aliphatic heterocycles. The van der Waals surface area contributed by atoms with Gasteiger partial charge in [-0.2, -0.15) is 0 Å². The molecular weight excluding hydrogens is 373 g/mol. The van der Waals surface area contributed by atoms with E-state index in [-0.39, 0.29) is 23.6 Å². The van der Waals surface area contributed by atoms with Crippen LogP contribution >= 0.6 is 0 Å². The molecule has 0 radical (unpaired) electrons. The third-order valence-corrected chi connectivity index (χ3v) is 4.42. The molecule has 3 rings (SSSR count). The highest BCUT2D eigenvalue weighted by molar-refractivity contribution is 5.95. The molecule has 3 aromatic carbocycles. The maximum atomic E-state index is 13.6. The number of nitrogens with one attached hydrogen (secondary N) is 2. The summed E-state index contributed by atoms with van der Waals surface area (Å²) < 4.78 is 13.6. The predicted octanol–water partition coefficient (Wildman–Crippen LogP) is 4.32. The third-order valence-electron chi connectivity index (χ3n) is 4.42. The first-order valence-corrected chi connectivity index (χ1v) is 9.12. The molecule has 7 heteroatoms. The minimum Gasteiger partial charge on any atom is -0.375 e. The molecule has 0 aliphatic rings. The summed E-state index contributed by atoms with van der Waals surface area (Å²) in [7, 11) is 0. The number of benzene rings is 3. The molecule has 0 aromatic heterocycles. The van der Waals surface area contributed by atoms with Crippen LogP contribution in [0.2, 0.25) is 0 Å². The van der Waals surface area contributed by atoms with E-state index in [1.165, 1.54) is 24.3 Å². The third kappa shape index (κ3) is 5.38. The summed E-state index contributed by atoms with van der Waals surface area (Å²) in [6.45, 7) is 0.650. The molecule has 0 spiro atoms. The van der Waals surface area contributed by atoms with Crippen molar-refractivity contribution < 1.29 is 14.1 Å². The molecule has 0 unspecified atom stereocenters. The van der Waals surface area contributed by atoms with Crippen LogP contribution in [-0.2, 0) is 13.0 Å². The van der Waals surface area contributed by atoms with Gasteiger partial charge in [-0.25, -0.2) is 4.39 Å². The summed E-state index contributed by atoms with van der Waals surface area (Å²) >= 11 is 0. The Hall–Kier alpha value is -3.74. The zero-order chi connectivity index (χ0) is 20.6. The summed E-state index contributed by atoms with van der Waals surface area (Å²) in [5.41, 5.74) is 1.82. The van der Waals surface area contributed by atoms with Gasteiger partial charge >= 0.3 is 0 Å². The van der Waals surface area contributed by atoms with Gasteiger partial charge in [0.15, 0.2) is 0 Å². The standard InChI is InChI=1S/C22H20FN3O3/c23-19-9-5-4-8-17(19)12-13-24-22(27)18-10-11-20(21(14-18)26(28)29)25-15-16-6-2-1-3-7-16/h1-11,14,25H,12-13,15H2,(H,24,27). The molecule has 0 aliphatic carbocycles. The van der Waals surface area contributed by atoms with Crippen molar-refractivity contribution in [1.82, 2.24) is 5.32 Å². The molecule has 6 nitrogen and oxygen atoms in total. The van der Waals surface area contributed by atoms with Crippen LogP contribution in [0.15, 0.2) is 72.8 Å². The fraction of sp³-hybridized carbons (Fsp3) is 0.136. The van der Waals surface area contributed by atoms with Crippen LogP contribution in [0, 0.1) is 15.9 Å². The largest absolute Gasteiger partial charge is 0.375 e. The van der Waals surface area contributed by atoms with Gasteiger partial charge in [-0.05, 0) is 35.7 Å². The van der Waals surface area contributed by atoms with Crippen LogP contribution in [0.5, 0.6) is 0 Å². The lowest BCUT2D eigenvalue weighted by Gasteiger charge is -2.10. The van der Waals surface area contributed by atoms with Crippen molar-refractivity contribution in [2.24, 2.45) is 0 Å². The quantitative estimate of drug-likeness (QED) is 0.441. The molecule has 0 atom stereocenters. The van der Waals surface area contributed by atoms with Crippen LogP contribution in [0.1, 0.15) is 21.5 Å². The molecule has 0 saturated heterocycles. The van der Waals surface area contributed by atoms with E-state index in [1.807, 2.05) is 30.3 Å². The number of anilines is 1. The van der Waals surface area contributed by atoms with Gasteiger partial charge in [0.2, 0.25) is 0 Å². The van der Waals surface area contributed by atoms with E-state index in [1.54, 1.807) is 18.2 Å². The number of rotatable bonds is 8. The Labute approximate surface area is 167 Å². The smallest absolute Gasteiger partial charge is 0.293 e. The van der Waals surface area contributed by atoms with Crippen LogP contribution < -0.4 is 10.6 Å². The zero-order valence-electron chi connectivity index (χ0n) is 15.6. The highest BCUT2D eigenvalue weighted by atomic mass is 19.1. The number of nitrogens with zero attached hydrogens (tertiary/aromatic N) is 1. The first-order chi connectivity index (χ1) is 14.0. The number of hydrogen-bond acceptors (Lipinski definition) is 4. The first kappa shape index (κ1) is 20.0. The van der Waals surface area contributed by atoms with Gasteiger partial charge < -0.3 is 10.6 Å². The van der Waals surface area contributed by atoms with Crippen molar-refractivity contribution >= 4 is 17.3 Å². The molecule has 29 heavy (non-hydrogen) atoms. The van der Waals surface area contributed by atoms with Gasteiger partial charge in [0.1, 0.15) is 11.5 Å². The van der Waals surface area contributed by atoms with Gasteiger partial charge in [0, 0.05) is 24.7 Å². The number of nitro benzene ring substituents is 1. The van der Waals surface area contributed by atoms with E-state index in [0.29, 0.717) is 24.2 Å². The average Bonchev–Trinajstić information content (AvgIpc) is 2.74. The van der Waals surface area contributed by atoms with Crippen molar-refractivity contribution in [1.29, 1.82) is 0 Å². The van der Waals surface area contributed by atoms with E-state index in [0.717, 1.165) is 5.56 Å². The lowest BCUT2D eigenvalue weighted by atomic mass is 10.1. The summed E-state index contributed by atoms with van der Waals surface area (Å²) in [6.07, 6.45) is 0.331. The second-order valence-corrected chi connectivity index (χ2v) is 6.43. The Balaban J connectivity index is 1.64. The second-order valence-electron chi connectivity index (χ2n) is 6.43. The normalized spacial score (nSPS) is 10.4. The van der Waals surface area contributed by atoms with Gasteiger partial charge in [-0.1, -0.05) is 48.5 Å². The number of amides is 1. The Morgan fingerprint density at radius 1 is 1.00 bits per heavy atom. The van der Waals surface area contributed by atoms with Crippen molar-refractivity contribution in [3.05, 3.63) is 105 Å². The summed E-state index contributed by atoms with van der Waals surface area (Å²) in [5.74, 6) is -0.773. The Kier molecular flexibility index (Phi) is 6.52. The Morgan fingerprint density at radius 2 is 1.72 bits per heavy atom. The topological polar surface area (TPSA) is 84.3 Å². The molecule has 2 N–H and O–H groups in total. The minimum atomic E-state index is -0.524. The second kappa shape index (κ2) is 9.45. The first-order valence-electron chi connectivity index (χ1n) is 9.12. The van der Waals surface area contributed by atoms with Crippen molar-refractivity contribution in [2.75, 3.05) is 11.9 Å². The maximum absolute atomic E-state index is 13.6.